The number of likely N-dealkylation sites (tertiary alicyclic amines) is 1. The molecule has 1 aromatic heterocycles. The fourth-order valence-corrected chi connectivity index (χ4v) is 4.16. The third kappa shape index (κ3) is 3.96. The highest BCUT2D eigenvalue weighted by molar-refractivity contribution is 5.75. The standard InChI is InChI=1S/C22H24F3N3O/c1-27-19-6-4-3-5-18(19)26-21(27)14-28-11-9-15(10-12-28)17-8-7-16(22(23,24)25)13-20(17)29-2/h3-8,13,15H,9-12,14H2,1-2H3. The van der Waals surface area contributed by atoms with Crippen molar-refractivity contribution < 1.29 is 17.9 Å². The van der Waals surface area contributed by atoms with E-state index in [1.807, 2.05) is 25.2 Å². The molecule has 4 nitrogen and oxygen atoms in total. The normalized spacial score (nSPS) is 16.4. The molecule has 1 fully saturated rings. The monoisotopic (exact) mass is 403 g/mol. The molecule has 154 valence electrons. The van der Waals surface area contributed by atoms with Gasteiger partial charge in [-0.15, -0.1) is 0 Å². The van der Waals surface area contributed by atoms with Gasteiger partial charge in [0.2, 0.25) is 0 Å². The number of hydrogen-bond donors (Lipinski definition) is 0. The molecule has 4 rings (SSSR count). The summed E-state index contributed by atoms with van der Waals surface area (Å²) >= 11 is 0. The predicted octanol–water partition coefficient (Wildman–Crippen LogP) is 4.98. The zero-order chi connectivity index (χ0) is 20.6. The molecule has 1 saturated heterocycles. The number of aryl methyl sites for hydroxylation is 1. The zero-order valence-electron chi connectivity index (χ0n) is 16.5. The quantitative estimate of drug-likeness (QED) is 0.616. The molecule has 2 heterocycles. The van der Waals surface area contributed by atoms with Crippen LogP contribution in [0.3, 0.4) is 0 Å². The average molecular weight is 403 g/mol. The summed E-state index contributed by atoms with van der Waals surface area (Å²) in [5.41, 5.74) is 2.31. The first-order valence-electron chi connectivity index (χ1n) is 9.74. The molecule has 1 aliphatic rings. The van der Waals surface area contributed by atoms with Crippen LogP contribution in [-0.2, 0) is 19.8 Å². The molecule has 0 N–H and O–H groups in total. The molecule has 7 heteroatoms. The highest BCUT2D eigenvalue weighted by Crippen LogP contribution is 2.38. The molecule has 0 aliphatic carbocycles. The van der Waals surface area contributed by atoms with Crippen LogP contribution in [0, 0.1) is 0 Å². The summed E-state index contributed by atoms with van der Waals surface area (Å²) < 4.78 is 46.3. The number of halogens is 3. The van der Waals surface area contributed by atoms with Crippen LogP contribution in [-0.4, -0.2) is 34.7 Å². The highest BCUT2D eigenvalue weighted by Gasteiger charge is 2.32. The number of imidazole rings is 1. The van der Waals surface area contributed by atoms with Crippen LogP contribution in [0.15, 0.2) is 42.5 Å². The maximum Gasteiger partial charge on any atom is 0.416 e. The Morgan fingerprint density at radius 1 is 1.10 bits per heavy atom. The first-order chi connectivity index (χ1) is 13.9. The summed E-state index contributed by atoms with van der Waals surface area (Å²) in [5.74, 6) is 1.55. The number of piperidine rings is 1. The van der Waals surface area contributed by atoms with E-state index >= 15 is 0 Å². The molecule has 29 heavy (non-hydrogen) atoms. The van der Waals surface area contributed by atoms with E-state index in [0.29, 0.717) is 5.75 Å². The van der Waals surface area contributed by atoms with Crippen LogP contribution in [0.4, 0.5) is 13.2 Å². The van der Waals surface area contributed by atoms with Gasteiger partial charge in [-0.25, -0.2) is 4.98 Å². The smallest absolute Gasteiger partial charge is 0.416 e. The van der Waals surface area contributed by atoms with Crippen molar-refractivity contribution in [3.63, 3.8) is 0 Å². The second-order valence-corrected chi connectivity index (χ2v) is 7.58. The number of nitrogens with zero attached hydrogens (tertiary/aromatic N) is 3. The molecule has 1 aliphatic heterocycles. The molecule has 0 bridgehead atoms. The van der Waals surface area contributed by atoms with Gasteiger partial charge >= 0.3 is 6.18 Å². The molecular weight excluding hydrogens is 379 g/mol. The second kappa shape index (κ2) is 7.71. The molecule has 0 saturated carbocycles. The van der Waals surface area contributed by atoms with Gasteiger partial charge in [0.05, 0.1) is 30.3 Å². The van der Waals surface area contributed by atoms with Gasteiger partial charge in [-0.1, -0.05) is 18.2 Å². The number of alkyl halides is 3. The first-order valence-corrected chi connectivity index (χ1v) is 9.74. The molecule has 0 atom stereocenters. The number of ether oxygens (including phenoxy) is 1. The van der Waals surface area contributed by atoms with Gasteiger partial charge in [-0.05, 0) is 61.7 Å². The summed E-state index contributed by atoms with van der Waals surface area (Å²) in [6.07, 6.45) is -2.60. The molecule has 2 aromatic carbocycles. The van der Waals surface area contributed by atoms with Gasteiger partial charge in [-0.2, -0.15) is 13.2 Å². The van der Waals surface area contributed by atoms with Crippen LogP contribution < -0.4 is 4.74 Å². The predicted molar refractivity (Wildman–Crippen MR) is 106 cm³/mol. The zero-order valence-corrected chi connectivity index (χ0v) is 16.5. The lowest BCUT2D eigenvalue weighted by atomic mass is 9.88. The van der Waals surface area contributed by atoms with Crippen LogP contribution in [0.25, 0.3) is 11.0 Å². The molecule has 0 amide bonds. The topological polar surface area (TPSA) is 30.3 Å². The second-order valence-electron chi connectivity index (χ2n) is 7.58. The number of hydrogen-bond acceptors (Lipinski definition) is 3. The van der Waals surface area contributed by atoms with E-state index in [9.17, 15) is 13.2 Å². The molecule has 0 radical (unpaired) electrons. The Bertz CT molecular complexity index is 1000. The third-order valence-electron chi connectivity index (χ3n) is 5.83. The lowest BCUT2D eigenvalue weighted by molar-refractivity contribution is -0.137. The Hall–Kier alpha value is -2.54. The summed E-state index contributed by atoms with van der Waals surface area (Å²) in [7, 11) is 3.46. The van der Waals surface area contributed by atoms with Gasteiger partial charge in [0.15, 0.2) is 0 Å². The maximum absolute atomic E-state index is 13.0. The Morgan fingerprint density at radius 2 is 1.83 bits per heavy atom. The Morgan fingerprint density at radius 3 is 2.48 bits per heavy atom. The van der Waals surface area contributed by atoms with E-state index in [2.05, 4.69) is 15.5 Å². The number of benzene rings is 2. The van der Waals surface area contributed by atoms with Crippen molar-refractivity contribution >= 4 is 11.0 Å². The molecular formula is C22H24F3N3O. The Balaban J connectivity index is 1.45. The van der Waals surface area contributed by atoms with Crippen molar-refractivity contribution in [1.29, 1.82) is 0 Å². The van der Waals surface area contributed by atoms with Gasteiger partial charge in [0.1, 0.15) is 11.6 Å². The van der Waals surface area contributed by atoms with Crippen LogP contribution >= 0.6 is 0 Å². The molecule has 0 unspecified atom stereocenters. The van der Waals surface area contributed by atoms with Crippen LogP contribution in [0.1, 0.15) is 35.7 Å². The fraction of sp³-hybridized carbons (Fsp3) is 0.409. The minimum absolute atomic E-state index is 0.198. The maximum atomic E-state index is 13.0. The molecule has 3 aromatic rings. The van der Waals surface area contributed by atoms with E-state index in [1.54, 1.807) is 6.07 Å². The van der Waals surface area contributed by atoms with E-state index < -0.39 is 11.7 Å². The average Bonchev–Trinajstić information content (AvgIpc) is 3.03. The van der Waals surface area contributed by atoms with Crippen molar-refractivity contribution in [3.05, 3.63) is 59.4 Å². The minimum Gasteiger partial charge on any atom is -0.496 e. The lowest BCUT2D eigenvalue weighted by Crippen LogP contribution is -2.33. The number of rotatable bonds is 4. The van der Waals surface area contributed by atoms with Gasteiger partial charge in [0.25, 0.3) is 0 Å². The SMILES string of the molecule is COc1cc(C(F)(F)F)ccc1C1CCN(Cc2nc3ccccc3n2C)CC1. The number of fused-ring (bicyclic) bond motifs is 1. The minimum atomic E-state index is -4.36. The summed E-state index contributed by atoms with van der Waals surface area (Å²) in [6.45, 7) is 2.51. The van der Waals surface area contributed by atoms with E-state index in [-0.39, 0.29) is 5.92 Å². The van der Waals surface area contributed by atoms with E-state index in [1.165, 1.54) is 7.11 Å². The van der Waals surface area contributed by atoms with E-state index in [4.69, 9.17) is 9.72 Å². The lowest BCUT2D eigenvalue weighted by Gasteiger charge is -2.32. The van der Waals surface area contributed by atoms with Gasteiger partial charge in [0, 0.05) is 7.05 Å². The van der Waals surface area contributed by atoms with Crippen molar-refractivity contribution in [2.45, 2.75) is 31.5 Å². The summed E-state index contributed by atoms with van der Waals surface area (Å²) in [4.78, 5) is 7.09. The number of para-hydroxylation sites is 2. The van der Waals surface area contributed by atoms with Crippen molar-refractivity contribution in [1.82, 2.24) is 14.5 Å². The van der Waals surface area contributed by atoms with Gasteiger partial charge in [-0.3, -0.25) is 4.90 Å². The van der Waals surface area contributed by atoms with Crippen LogP contribution in [0.2, 0.25) is 0 Å². The van der Waals surface area contributed by atoms with Crippen LogP contribution in [0.5, 0.6) is 5.75 Å². The number of aromatic nitrogens is 2. The van der Waals surface area contributed by atoms with Crippen molar-refractivity contribution in [3.8, 4) is 5.75 Å². The third-order valence-corrected chi connectivity index (χ3v) is 5.83. The van der Waals surface area contributed by atoms with Crippen molar-refractivity contribution in [2.75, 3.05) is 20.2 Å². The van der Waals surface area contributed by atoms with E-state index in [0.717, 1.165) is 67.0 Å². The summed E-state index contributed by atoms with van der Waals surface area (Å²) in [5, 5.41) is 0. The first kappa shape index (κ1) is 19.8. The fourth-order valence-electron chi connectivity index (χ4n) is 4.16. The van der Waals surface area contributed by atoms with Crippen molar-refractivity contribution in [2.24, 2.45) is 7.05 Å². The Labute approximate surface area is 167 Å². The largest absolute Gasteiger partial charge is 0.496 e. The molecule has 0 spiro atoms. The highest BCUT2D eigenvalue weighted by atomic mass is 19.4. The van der Waals surface area contributed by atoms with Gasteiger partial charge < -0.3 is 9.30 Å². The summed E-state index contributed by atoms with van der Waals surface area (Å²) in [6, 6.07) is 11.9. The number of methoxy groups -OCH3 is 1. The Kier molecular flexibility index (Phi) is 5.25.